The third-order valence-electron chi connectivity index (χ3n) is 3.64. The summed E-state index contributed by atoms with van der Waals surface area (Å²) in [5.74, 6) is -0.0385. The van der Waals surface area contributed by atoms with Gasteiger partial charge in [-0.2, -0.15) is 4.98 Å². The standard InChI is InChI=1S/C12H17N5O5/c1-20-3-5-8(21-2)7(18)11(22-5)17-4-14-6-9(17)15-12(13)16-10(6)19/h4-5,7-8,11,18H,3H2,1-2H3,(H3,13,15,16,19)/t5-,7?,8+,11-/m1/s1. The molecule has 4 N–H and O–H groups in total. The minimum atomic E-state index is -0.968. The van der Waals surface area contributed by atoms with E-state index in [4.69, 9.17) is 19.9 Å². The molecule has 1 fully saturated rings. The van der Waals surface area contributed by atoms with Gasteiger partial charge in [0.25, 0.3) is 5.56 Å². The molecule has 120 valence electrons. The van der Waals surface area contributed by atoms with E-state index in [1.807, 2.05) is 0 Å². The number of nitrogens with zero attached hydrogens (tertiary/aromatic N) is 3. The van der Waals surface area contributed by atoms with E-state index in [0.717, 1.165) is 0 Å². The number of aliphatic hydroxyl groups excluding tert-OH is 1. The highest BCUT2D eigenvalue weighted by atomic mass is 16.6. The van der Waals surface area contributed by atoms with Gasteiger partial charge >= 0.3 is 0 Å². The highest BCUT2D eigenvalue weighted by Gasteiger charge is 2.45. The number of aromatic amines is 1. The number of hydrogen-bond donors (Lipinski definition) is 3. The van der Waals surface area contributed by atoms with E-state index in [9.17, 15) is 9.90 Å². The molecule has 4 atom stereocenters. The molecule has 0 radical (unpaired) electrons. The Hall–Kier alpha value is -2.01. The maximum absolute atomic E-state index is 11.8. The van der Waals surface area contributed by atoms with Crippen molar-refractivity contribution in [2.24, 2.45) is 0 Å². The van der Waals surface area contributed by atoms with E-state index in [1.165, 1.54) is 25.1 Å². The lowest BCUT2D eigenvalue weighted by Crippen LogP contribution is -2.35. The lowest BCUT2D eigenvalue weighted by molar-refractivity contribution is -0.0612. The molecule has 2 aromatic rings. The lowest BCUT2D eigenvalue weighted by atomic mass is 10.1. The number of nitrogen functional groups attached to an aromatic ring is 1. The molecular weight excluding hydrogens is 294 g/mol. The molecule has 3 heterocycles. The summed E-state index contributed by atoms with van der Waals surface area (Å²) in [6, 6.07) is 0. The zero-order chi connectivity index (χ0) is 15.9. The number of nitrogens with two attached hydrogens (primary N) is 1. The van der Waals surface area contributed by atoms with Crippen LogP contribution in [0.5, 0.6) is 0 Å². The second-order valence-electron chi connectivity index (χ2n) is 4.99. The third-order valence-corrected chi connectivity index (χ3v) is 3.64. The Morgan fingerprint density at radius 2 is 2.32 bits per heavy atom. The van der Waals surface area contributed by atoms with Gasteiger partial charge in [-0.25, -0.2) is 4.98 Å². The lowest BCUT2D eigenvalue weighted by Gasteiger charge is -2.18. The van der Waals surface area contributed by atoms with Crippen LogP contribution in [0.3, 0.4) is 0 Å². The number of aliphatic hydroxyl groups is 1. The molecule has 0 aliphatic carbocycles. The molecule has 10 heteroatoms. The SMILES string of the molecule is COC[C@H]1O[C@@H](n2cnc3c(=O)[nH]c(N)nc32)C(O)[C@H]1OC. The van der Waals surface area contributed by atoms with E-state index in [0.29, 0.717) is 0 Å². The molecular formula is C12H17N5O5. The molecule has 1 unspecified atom stereocenters. The molecule has 1 aliphatic rings. The molecule has 1 saturated heterocycles. The summed E-state index contributed by atoms with van der Waals surface area (Å²) in [6.45, 7) is 0.259. The number of imidazole rings is 1. The van der Waals surface area contributed by atoms with Crippen molar-refractivity contribution in [2.45, 2.75) is 24.5 Å². The fourth-order valence-corrected chi connectivity index (χ4v) is 2.67. The van der Waals surface area contributed by atoms with Crippen molar-refractivity contribution in [3.05, 3.63) is 16.7 Å². The molecule has 0 bridgehead atoms. The Balaban J connectivity index is 2.02. The predicted octanol–water partition coefficient (Wildman–Crippen LogP) is -1.38. The average Bonchev–Trinajstić information content (AvgIpc) is 3.01. The Morgan fingerprint density at radius 1 is 1.55 bits per heavy atom. The Bertz CT molecular complexity index is 728. The number of anilines is 1. The van der Waals surface area contributed by atoms with Crippen LogP contribution in [0.1, 0.15) is 6.23 Å². The summed E-state index contributed by atoms with van der Waals surface area (Å²) < 4.78 is 17.6. The predicted molar refractivity (Wildman–Crippen MR) is 75.2 cm³/mol. The first kappa shape index (κ1) is 14.9. The van der Waals surface area contributed by atoms with Crippen molar-refractivity contribution >= 4 is 17.1 Å². The summed E-state index contributed by atoms with van der Waals surface area (Å²) in [7, 11) is 3.01. The van der Waals surface area contributed by atoms with E-state index in [1.54, 1.807) is 0 Å². The maximum atomic E-state index is 11.8. The molecule has 1 aliphatic heterocycles. The van der Waals surface area contributed by atoms with Crippen LogP contribution >= 0.6 is 0 Å². The van der Waals surface area contributed by atoms with Crippen molar-refractivity contribution in [1.29, 1.82) is 0 Å². The van der Waals surface area contributed by atoms with Crippen LogP contribution in [0.25, 0.3) is 11.2 Å². The summed E-state index contributed by atoms with van der Waals surface area (Å²) >= 11 is 0. The summed E-state index contributed by atoms with van der Waals surface area (Å²) in [5.41, 5.74) is 5.46. The molecule has 10 nitrogen and oxygen atoms in total. The molecule has 2 aromatic heterocycles. The molecule has 0 spiro atoms. The van der Waals surface area contributed by atoms with Crippen LogP contribution in [0.4, 0.5) is 5.95 Å². The minimum absolute atomic E-state index is 0.0385. The molecule has 3 rings (SSSR count). The molecule has 0 aromatic carbocycles. The highest BCUT2D eigenvalue weighted by Crippen LogP contribution is 2.32. The van der Waals surface area contributed by atoms with Crippen molar-refractivity contribution in [2.75, 3.05) is 26.6 Å². The van der Waals surface area contributed by atoms with Gasteiger partial charge in [-0.05, 0) is 0 Å². The van der Waals surface area contributed by atoms with Crippen LogP contribution in [0.15, 0.2) is 11.1 Å². The first-order chi connectivity index (χ1) is 10.6. The van der Waals surface area contributed by atoms with Gasteiger partial charge in [-0.1, -0.05) is 0 Å². The van der Waals surface area contributed by atoms with Crippen molar-refractivity contribution in [1.82, 2.24) is 19.5 Å². The van der Waals surface area contributed by atoms with Gasteiger partial charge in [-0.15, -0.1) is 0 Å². The smallest absolute Gasteiger partial charge is 0.280 e. The summed E-state index contributed by atoms with van der Waals surface area (Å²) in [4.78, 5) is 22.2. The number of H-pyrrole nitrogens is 1. The minimum Gasteiger partial charge on any atom is -0.386 e. The van der Waals surface area contributed by atoms with Crippen molar-refractivity contribution < 1.29 is 19.3 Å². The van der Waals surface area contributed by atoms with Crippen LogP contribution in [0, 0.1) is 0 Å². The van der Waals surface area contributed by atoms with E-state index < -0.39 is 30.1 Å². The molecule has 22 heavy (non-hydrogen) atoms. The summed E-state index contributed by atoms with van der Waals surface area (Å²) in [6.07, 6.45) is -1.41. The van der Waals surface area contributed by atoms with Gasteiger partial charge in [0.1, 0.15) is 18.3 Å². The van der Waals surface area contributed by atoms with Crippen molar-refractivity contribution in [3.63, 3.8) is 0 Å². The Kier molecular flexibility index (Phi) is 3.83. The molecule has 0 saturated carbocycles. The maximum Gasteiger partial charge on any atom is 0.280 e. The average molecular weight is 311 g/mol. The number of ether oxygens (including phenoxy) is 3. The van der Waals surface area contributed by atoms with E-state index in [2.05, 4.69) is 15.0 Å². The molecule has 0 amide bonds. The second kappa shape index (κ2) is 5.65. The van der Waals surface area contributed by atoms with Crippen LogP contribution in [-0.2, 0) is 14.2 Å². The topological polar surface area (TPSA) is 138 Å². The fraction of sp³-hybridized carbons (Fsp3) is 0.583. The van der Waals surface area contributed by atoms with Crippen LogP contribution in [-0.4, -0.2) is 63.8 Å². The van der Waals surface area contributed by atoms with Gasteiger partial charge in [0.05, 0.1) is 12.9 Å². The second-order valence-corrected chi connectivity index (χ2v) is 4.99. The number of rotatable bonds is 4. The van der Waals surface area contributed by atoms with Gasteiger partial charge < -0.3 is 25.1 Å². The Morgan fingerprint density at radius 3 is 3.00 bits per heavy atom. The van der Waals surface area contributed by atoms with Gasteiger partial charge in [-0.3, -0.25) is 14.3 Å². The van der Waals surface area contributed by atoms with Gasteiger partial charge in [0, 0.05) is 14.2 Å². The first-order valence-corrected chi connectivity index (χ1v) is 6.64. The summed E-state index contributed by atoms with van der Waals surface area (Å²) in [5, 5.41) is 10.4. The number of methoxy groups -OCH3 is 2. The monoisotopic (exact) mass is 311 g/mol. The van der Waals surface area contributed by atoms with E-state index in [-0.39, 0.29) is 23.7 Å². The van der Waals surface area contributed by atoms with Crippen molar-refractivity contribution in [3.8, 4) is 0 Å². The number of nitrogens with one attached hydrogen (secondary N) is 1. The quantitative estimate of drug-likeness (QED) is 0.628. The largest absolute Gasteiger partial charge is 0.386 e. The van der Waals surface area contributed by atoms with Gasteiger partial charge in [0.15, 0.2) is 17.4 Å². The van der Waals surface area contributed by atoms with Crippen LogP contribution in [0.2, 0.25) is 0 Å². The Labute approximate surface area is 124 Å². The fourth-order valence-electron chi connectivity index (χ4n) is 2.67. The number of hydrogen-bond acceptors (Lipinski definition) is 8. The number of fused-ring (bicyclic) bond motifs is 1. The third kappa shape index (κ3) is 2.25. The van der Waals surface area contributed by atoms with Crippen LogP contribution < -0.4 is 11.3 Å². The first-order valence-electron chi connectivity index (χ1n) is 6.64. The van der Waals surface area contributed by atoms with E-state index >= 15 is 0 Å². The normalized spacial score (nSPS) is 28.5. The van der Waals surface area contributed by atoms with Gasteiger partial charge in [0.2, 0.25) is 5.95 Å². The highest BCUT2D eigenvalue weighted by molar-refractivity contribution is 5.70. The zero-order valence-electron chi connectivity index (χ0n) is 12.1. The number of aromatic nitrogens is 4. The zero-order valence-corrected chi connectivity index (χ0v) is 12.1.